The molecular formula is C14H22N2O2. The van der Waals surface area contributed by atoms with Crippen molar-refractivity contribution in [1.82, 2.24) is 5.32 Å². The summed E-state index contributed by atoms with van der Waals surface area (Å²) in [5, 5.41) is 12.5. The topological polar surface area (TPSA) is 75.3 Å². The third-order valence-electron chi connectivity index (χ3n) is 3.25. The largest absolute Gasteiger partial charge is 0.508 e. The highest BCUT2D eigenvalue weighted by molar-refractivity contribution is 5.96. The number of benzene rings is 1. The Morgan fingerprint density at radius 3 is 2.83 bits per heavy atom. The van der Waals surface area contributed by atoms with Crippen LogP contribution in [0.1, 0.15) is 35.7 Å². The lowest BCUT2D eigenvalue weighted by atomic mass is 10.0. The second-order valence-corrected chi connectivity index (χ2v) is 4.51. The molecule has 4 N–H and O–H groups in total. The molecule has 0 aromatic heterocycles. The molecule has 1 amide bonds. The van der Waals surface area contributed by atoms with E-state index in [0.29, 0.717) is 30.1 Å². The average Bonchev–Trinajstić information content (AvgIpc) is 2.37. The van der Waals surface area contributed by atoms with Crippen LogP contribution in [0.4, 0.5) is 0 Å². The number of aromatic hydroxyl groups is 1. The van der Waals surface area contributed by atoms with Crippen LogP contribution in [0.25, 0.3) is 0 Å². The van der Waals surface area contributed by atoms with E-state index in [0.717, 1.165) is 12.8 Å². The van der Waals surface area contributed by atoms with Crippen LogP contribution in [-0.2, 0) is 0 Å². The fourth-order valence-corrected chi connectivity index (χ4v) is 1.89. The second-order valence-electron chi connectivity index (χ2n) is 4.51. The van der Waals surface area contributed by atoms with E-state index in [1.54, 1.807) is 25.1 Å². The Labute approximate surface area is 108 Å². The smallest absolute Gasteiger partial charge is 0.251 e. The molecule has 0 aliphatic heterocycles. The second kappa shape index (κ2) is 7.01. The molecule has 1 atom stereocenters. The monoisotopic (exact) mass is 250 g/mol. The summed E-state index contributed by atoms with van der Waals surface area (Å²) in [7, 11) is 0. The van der Waals surface area contributed by atoms with Gasteiger partial charge in [0, 0.05) is 17.7 Å². The van der Waals surface area contributed by atoms with Crippen molar-refractivity contribution in [1.29, 1.82) is 0 Å². The standard InChI is InChI=1S/C14H22N2O2/c1-3-11(7-8-15)9-16-14(18)12-5-4-6-13(17)10(12)2/h4-6,11,17H,3,7-9,15H2,1-2H3,(H,16,18). The maximum Gasteiger partial charge on any atom is 0.251 e. The number of nitrogens with two attached hydrogens (primary N) is 1. The predicted molar refractivity (Wildman–Crippen MR) is 72.6 cm³/mol. The van der Waals surface area contributed by atoms with Gasteiger partial charge in [-0.25, -0.2) is 0 Å². The maximum absolute atomic E-state index is 12.0. The normalized spacial score (nSPS) is 12.2. The van der Waals surface area contributed by atoms with Gasteiger partial charge in [-0.1, -0.05) is 19.4 Å². The summed E-state index contributed by atoms with van der Waals surface area (Å²) in [5.74, 6) is 0.423. The van der Waals surface area contributed by atoms with Gasteiger partial charge < -0.3 is 16.2 Å². The van der Waals surface area contributed by atoms with Crippen molar-refractivity contribution in [3.63, 3.8) is 0 Å². The van der Waals surface area contributed by atoms with Crippen LogP contribution in [0.2, 0.25) is 0 Å². The van der Waals surface area contributed by atoms with Crippen molar-refractivity contribution < 1.29 is 9.90 Å². The van der Waals surface area contributed by atoms with E-state index in [1.165, 1.54) is 0 Å². The van der Waals surface area contributed by atoms with E-state index in [2.05, 4.69) is 12.2 Å². The first-order chi connectivity index (χ1) is 8.60. The lowest BCUT2D eigenvalue weighted by molar-refractivity contribution is 0.0945. The summed E-state index contributed by atoms with van der Waals surface area (Å²) in [6, 6.07) is 4.97. The molecule has 0 aliphatic carbocycles. The zero-order chi connectivity index (χ0) is 13.5. The Balaban J connectivity index is 2.62. The molecule has 0 radical (unpaired) electrons. The number of carbonyl (C=O) groups is 1. The molecule has 0 spiro atoms. The molecule has 1 aromatic rings. The first-order valence-corrected chi connectivity index (χ1v) is 6.37. The van der Waals surface area contributed by atoms with Gasteiger partial charge in [0.15, 0.2) is 0 Å². The molecule has 1 aromatic carbocycles. The SMILES string of the molecule is CCC(CCN)CNC(=O)c1cccc(O)c1C. The van der Waals surface area contributed by atoms with Gasteiger partial charge in [0.1, 0.15) is 5.75 Å². The molecule has 0 aliphatic rings. The van der Waals surface area contributed by atoms with E-state index < -0.39 is 0 Å². The highest BCUT2D eigenvalue weighted by atomic mass is 16.3. The van der Waals surface area contributed by atoms with E-state index in [9.17, 15) is 9.90 Å². The summed E-state index contributed by atoms with van der Waals surface area (Å²) in [6.07, 6.45) is 1.91. The molecule has 0 saturated heterocycles. The van der Waals surface area contributed by atoms with Crippen LogP contribution < -0.4 is 11.1 Å². The molecule has 0 bridgehead atoms. The molecular weight excluding hydrogens is 228 g/mol. The summed E-state index contributed by atoms with van der Waals surface area (Å²) < 4.78 is 0. The molecule has 1 rings (SSSR count). The Kier molecular flexibility index (Phi) is 5.65. The molecule has 0 saturated carbocycles. The van der Waals surface area contributed by atoms with E-state index in [4.69, 9.17) is 5.73 Å². The zero-order valence-corrected chi connectivity index (χ0v) is 11.1. The number of carbonyl (C=O) groups excluding carboxylic acids is 1. The molecule has 100 valence electrons. The molecule has 4 nitrogen and oxygen atoms in total. The van der Waals surface area contributed by atoms with Crippen LogP contribution in [-0.4, -0.2) is 24.1 Å². The quantitative estimate of drug-likeness (QED) is 0.720. The number of amides is 1. The summed E-state index contributed by atoms with van der Waals surface area (Å²) in [4.78, 5) is 12.0. The number of phenolic OH excluding ortho intramolecular Hbond substituents is 1. The third kappa shape index (κ3) is 3.74. The van der Waals surface area contributed by atoms with Crippen molar-refractivity contribution in [2.45, 2.75) is 26.7 Å². The molecule has 18 heavy (non-hydrogen) atoms. The van der Waals surface area contributed by atoms with Crippen molar-refractivity contribution in [3.05, 3.63) is 29.3 Å². The number of nitrogens with one attached hydrogen (secondary N) is 1. The lowest BCUT2D eigenvalue weighted by Crippen LogP contribution is -2.30. The average molecular weight is 250 g/mol. The molecule has 4 heteroatoms. The first kappa shape index (κ1) is 14.5. The van der Waals surface area contributed by atoms with Gasteiger partial charge in [0.25, 0.3) is 5.91 Å². The Morgan fingerprint density at radius 2 is 2.22 bits per heavy atom. The van der Waals surface area contributed by atoms with Crippen LogP contribution >= 0.6 is 0 Å². The number of hydrogen-bond acceptors (Lipinski definition) is 3. The minimum absolute atomic E-state index is 0.140. The van der Waals surface area contributed by atoms with Crippen LogP contribution in [0.5, 0.6) is 5.75 Å². The fraction of sp³-hybridized carbons (Fsp3) is 0.500. The first-order valence-electron chi connectivity index (χ1n) is 6.37. The van der Waals surface area contributed by atoms with E-state index in [-0.39, 0.29) is 11.7 Å². The highest BCUT2D eigenvalue weighted by Crippen LogP contribution is 2.19. The summed E-state index contributed by atoms with van der Waals surface area (Å²) >= 11 is 0. The van der Waals surface area contributed by atoms with Crippen LogP contribution in [0, 0.1) is 12.8 Å². The maximum atomic E-state index is 12.0. The summed E-state index contributed by atoms with van der Waals surface area (Å²) in [6.45, 7) is 5.09. The molecule has 1 unspecified atom stereocenters. The Morgan fingerprint density at radius 1 is 1.50 bits per heavy atom. The van der Waals surface area contributed by atoms with Gasteiger partial charge in [-0.3, -0.25) is 4.79 Å². The van der Waals surface area contributed by atoms with Gasteiger partial charge in [-0.15, -0.1) is 0 Å². The number of phenols is 1. The van der Waals surface area contributed by atoms with E-state index >= 15 is 0 Å². The zero-order valence-electron chi connectivity index (χ0n) is 11.1. The lowest BCUT2D eigenvalue weighted by Gasteiger charge is -2.15. The predicted octanol–water partition coefficient (Wildman–Crippen LogP) is 1.81. The third-order valence-corrected chi connectivity index (χ3v) is 3.25. The van der Waals surface area contributed by atoms with Crippen LogP contribution in [0.15, 0.2) is 18.2 Å². The molecule has 0 fully saturated rings. The Hall–Kier alpha value is -1.55. The minimum Gasteiger partial charge on any atom is -0.508 e. The van der Waals surface area contributed by atoms with Gasteiger partial charge in [0.05, 0.1) is 0 Å². The van der Waals surface area contributed by atoms with Gasteiger partial charge in [-0.05, 0) is 37.9 Å². The highest BCUT2D eigenvalue weighted by Gasteiger charge is 2.12. The molecule has 0 heterocycles. The summed E-state index contributed by atoms with van der Waals surface area (Å²) in [5.41, 5.74) is 6.66. The van der Waals surface area contributed by atoms with Crippen molar-refractivity contribution in [2.24, 2.45) is 11.7 Å². The van der Waals surface area contributed by atoms with E-state index in [1.807, 2.05) is 0 Å². The van der Waals surface area contributed by atoms with Crippen molar-refractivity contribution >= 4 is 5.91 Å². The van der Waals surface area contributed by atoms with Gasteiger partial charge in [-0.2, -0.15) is 0 Å². The van der Waals surface area contributed by atoms with Gasteiger partial charge >= 0.3 is 0 Å². The fourth-order valence-electron chi connectivity index (χ4n) is 1.89. The Bertz CT molecular complexity index is 405. The minimum atomic E-state index is -0.140. The number of hydrogen-bond donors (Lipinski definition) is 3. The number of rotatable bonds is 6. The van der Waals surface area contributed by atoms with Crippen molar-refractivity contribution in [2.75, 3.05) is 13.1 Å². The van der Waals surface area contributed by atoms with Crippen LogP contribution in [0.3, 0.4) is 0 Å². The van der Waals surface area contributed by atoms with Gasteiger partial charge in [0.2, 0.25) is 0 Å². The van der Waals surface area contributed by atoms with Crippen molar-refractivity contribution in [3.8, 4) is 5.75 Å².